The van der Waals surface area contributed by atoms with Crippen molar-refractivity contribution in [2.75, 3.05) is 0 Å². The number of rotatable bonds is 3. The Bertz CT molecular complexity index is 1520. The number of hydrogen-bond donors (Lipinski definition) is 0. The van der Waals surface area contributed by atoms with E-state index in [9.17, 15) is 0 Å². The molecule has 4 nitrogen and oxygen atoms in total. The highest BCUT2D eigenvalue weighted by Crippen LogP contribution is 2.34. The summed E-state index contributed by atoms with van der Waals surface area (Å²) in [5.41, 5.74) is 5.44. The molecule has 0 amide bonds. The van der Waals surface area contributed by atoms with Crippen LogP contribution >= 0.6 is 0 Å². The van der Waals surface area contributed by atoms with Crippen LogP contribution in [-0.4, -0.2) is 19.5 Å². The topological polar surface area (TPSA) is 43.6 Å². The fourth-order valence-corrected chi connectivity index (χ4v) is 4.13. The van der Waals surface area contributed by atoms with Crippen molar-refractivity contribution in [2.24, 2.45) is 0 Å². The normalized spacial score (nSPS) is 11.2. The average molecular weight is 398 g/mol. The highest BCUT2D eigenvalue weighted by molar-refractivity contribution is 6.10. The van der Waals surface area contributed by atoms with Gasteiger partial charge in [0.2, 0.25) is 0 Å². The summed E-state index contributed by atoms with van der Waals surface area (Å²) in [7, 11) is 0. The molecule has 0 radical (unpaired) electrons. The van der Waals surface area contributed by atoms with Gasteiger partial charge in [-0.25, -0.2) is 15.0 Å². The third-order valence-corrected chi connectivity index (χ3v) is 5.55. The lowest BCUT2D eigenvalue weighted by Gasteiger charge is -2.08. The van der Waals surface area contributed by atoms with Gasteiger partial charge in [-0.15, -0.1) is 0 Å². The summed E-state index contributed by atoms with van der Waals surface area (Å²) in [4.78, 5) is 13.6. The second-order valence-corrected chi connectivity index (χ2v) is 7.42. The standard InChI is InChI=1S/C27H18N4/c1-3-9-19(10-4-1)26-28-18-29-27(30-26)20-15-16-25-23(17-20)22-13-7-8-14-24(22)31(25)21-11-5-2-6-12-21/h1-18H. The van der Waals surface area contributed by atoms with Crippen molar-refractivity contribution in [3.8, 4) is 28.5 Å². The zero-order chi connectivity index (χ0) is 20.6. The molecule has 0 N–H and O–H groups in total. The van der Waals surface area contributed by atoms with Crippen LogP contribution in [0.5, 0.6) is 0 Å². The molecule has 0 spiro atoms. The molecule has 6 aromatic rings. The van der Waals surface area contributed by atoms with Crippen LogP contribution in [0.3, 0.4) is 0 Å². The Hall–Kier alpha value is -4.31. The molecule has 0 saturated heterocycles. The van der Waals surface area contributed by atoms with Crippen LogP contribution in [-0.2, 0) is 0 Å². The molecular weight excluding hydrogens is 380 g/mol. The Labute approximate surface area is 179 Å². The van der Waals surface area contributed by atoms with Gasteiger partial charge >= 0.3 is 0 Å². The van der Waals surface area contributed by atoms with Gasteiger partial charge in [0.25, 0.3) is 0 Å². The summed E-state index contributed by atoms with van der Waals surface area (Å²) in [5, 5.41) is 2.39. The predicted octanol–water partition coefficient (Wildman–Crippen LogP) is 6.30. The van der Waals surface area contributed by atoms with Crippen molar-refractivity contribution in [3.05, 3.63) is 109 Å². The van der Waals surface area contributed by atoms with Crippen LogP contribution in [0.2, 0.25) is 0 Å². The largest absolute Gasteiger partial charge is 0.309 e. The second-order valence-electron chi connectivity index (χ2n) is 7.42. The monoisotopic (exact) mass is 398 g/mol. The second kappa shape index (κ2) is 7.18. The lowest BCUT2D eigenvalue weighted by molar-refractivity contribution is 1.07. The van der Waals surface area contributed by atoms with Crippen molar-refractivity contribution in [1.29, 1.82) is 0 Å². The molecule has 0 unspecified atom stereocenters. The molecule has 2 aromatic heterocycles. The van der Waals surface area contributed by atoms with E-state index >= 15 is 0 Å². The van der Waals surface area contributed by atoms with Crippen molar-refractivity contribution >= 4 is 21.8 Å². The molecule has 6 rings (SSSR count). The van der Waals surface area contributed by atoms with E-state index in [1.165, 1.54) is 16.3 Å². The van der Waals surface area contributed by atoms with Gasteiger partial charge in [0.05, 0.1) is 11.0 Å². The van der Waals surface area contributed by atoms with Gasteiger partial charge in [-0.05, 0) is 36.4 Å². The van der Waals surface area contributed by atoms with Crippen LogP contribution < -0.4 is 0 Å². The predicted molar refractivity (Wildman–Crippen MR) is 125 cm³/mol. The zero-order valence-corrected chi connectivity index (χ0v) is 16.7. The maximum atomic E-state index is 4.74. The summed E-state index contributed by atoms with van der Waals surface area (Å²) < 4.78 is 2.30. The van der Waals surface area contributed by atoms with Gasteiger partial charge in [0, 0.05) is 27.6 Å². The number of aromatic nitrogens is 4. The summed E-state index contributed by atoms with van der Waals surface area (Å²) in [6.07, 6.45) is 1.59. The van der Waals surface area contributed by atoms with Gasteiger partial charge in [0.15, 0.2) is 11.6 Å². The number of para-hydroxylation sites is 2. The molecule has 0 aliphatic heterocycles. The first-order chi connectivity index (χ1) is 15.4. The Balaban J connectivity index is 1.56. The minimum Gasteiger partial charge on any atom is -0.309 e. The van der Waals surface area contributed by atoms with Crippen molar-refractivity contribution < 1.29 is 0 Å². The van der Waals surface area contributed by atoms with E-state index in [1.54, 1.807) is 6.33 Å². The quantitative estimate of drug-likeness (QED) is 0.351. The first-order valence-electron chi connectivity index (χ1n) is 10.2. The van der Waals surface area contributed by atoms with E-state index in [0.29, 0.717) is 11.6 Å². The Kier molecular flexibility index (Phi) is 4.06. The van der Waals surface area contributed by atoms with Gasteiger partial charge in [-0.1, -0.05) is 66.7 Å². The van der Waals surface area contributed by atoms with Gasteiger partial charge in [-0.2, -0.15) is 0 Å². The van der Waals surface area contributed by atoms with Crippen LogP contribution in [0, 0.1) is 0 Å². The van der Waals surface area contributed by atoms with Crippen molar-refractivity contribution in [1.82, 2.24) is 19.5 Å². The molecule has 0 aliphatic rings. The van der Waals surface area contributed by atoms with E-state index in [1.807, 2.05) is 36.4 Å². The number of benzene rings is 4. The van der Waals surface area contributed by atoms with Gasteiger partial charge < -0.3 is 4.57 Å². The van der Waals surface area contributed by atoms with Crippen LogP contribution in [0.1, 0.15) is 0 Å². The molecule has 0 fully saturated rings. The highest BCUT2D eigenvalue weighted by atomic mass is 15.0. The molecule has 2 heterocycles. The van der Waals surface area contributed by atoms with E-state index in [2.05, 4.69) is 81.3 Å². The molecule has 146 valence electrons. The van der Waals surface area contributed by atoms with Gasteiger partial charge in [-0.3, -0.25) is 0 Å². The minimum absolute atomic E-state index is 0.673. The smallest absolute Gasteiger partial charge is 0.163 e. The fourth-order valence-electron chi connectivity index (χ4n) is 4.13. The van der Waals surface area contributed by atoms with Crippen LogP contribution in [0.4, 0.5) is 0 Å². The third-order valence-electron chi connectivity index (χ3n) is 5.55. The maximum Gasteiger partial charge on any atom is 0.163 e. The van der Waals surface area contributed by atoms with Crippen molar-refractivity contribution in [3.63, 3.8) is 0 Å². The number of nitrogens with zero attached hydrogens (tertiary/aromatic N) is 4. The molecule has 0 atom stereocenters. The van der Waals surface area contributed by atoms with E-state index in [-0.39, 0.29) is 0 Å². The SMILES string of the molecule is c1ccc(-c2ncnc(-c3ccc4c(c3)c3ccccc3n4-c3ccccc3)n2)cc1. The number of hydrogen-bond acceptors (Lipinski definition) is 3. The Morgan fingerprint density at radius 2 is 1.16 bits per heavy atom. The van der Waals surface area contributed by atoms with E-state index in [4.69, 9.17) is 4.98 Å². The van der Waals surface area contributed by atoms with E-state index in [0.717, 1.165) is 22.3 Å². The zero-order valence-electron chi connectivity index (χ0n) is 16.7. The summed E-state index contributed by atoms with van der Waals surface area (Å²) >= 11 is 0. The van der Waals surface area contributed by atoms with Crippen LogP contribution in [0.25, 0.3) is 50.3 Å². The first kappa shape index (κ1) is 17.5. The summed E-state index contributed by atoms with van der Waals surface area (Å²) in [5.74, 6) is 1.35. The molecular formula is C27H18N4. The van der Waals surface area contributed by atoms with Gasteiger partial charge in [0.1, 0.15) is 6.33 Å². The molecule has 4 aromatic carbocycles. The summed E-state index contributed by atoms with van der Waals surface area (Å²) in [6.45, 7) is 0. The molecule has 31 heavy (non-hydrogen) atoms. The van der Waals surface area contributed by atoms with E-state index < -0.39 is 0 Å². The lowest BCUT2D eigenvalue weighted by Crippen LogP contribution is -1.95. The molecule has 4 heteroatoms. The fraction of sp³-hybridized carbons (Fsp3) is 0. The number of fused-ring (bicyclic) bond motifs is 3. The lowest BCUT2D eigenvalue weighted by atomic mass is 10.1. The van der Waals surface area contributed by atoms with Crippen LogP contribution in [0.15, 0.2) is 109 Å². The minimum atomic E-state index is 0.673. The molecule has 0 saturated carbocycles. The maximum absolute atomic E-state index is 4.74. The highest BCUT2D eigenvalue weighted by Gasteiger charge is 2.14. The first-order valence-corrected chi connectivity index (χ1v) is 10.2. The average Bonchev–Trinajstić information content (AvgIpc) is 3.19. The molecule has 0 aliphatic carbocycles. The van der Waals surface area contributed by atoms with Crippen molar-refractivity contribution in [2.45, 2.75) is 0 Å². The molecule has 0 bridgehead atoms. The summed E-state index contributed by atoms with van der Waals surface area (Å²) in [6, 6.07) is 35.4. The Morgan fingerprint density at radius 1 is 0.516 bits per heavy atom. The third kappa shape index (κ3) is 2.97. The Morgan fingerprint density at radius 3 is 1.97 bits per heavy atom.